The van der Waals surface area contributed by atoms with Gasteiger partial charge in [-0.1, -0.05) is 32.0 Å². The molecule has 1 unspecified atom stereocenters. The lowest BCUT2D eigenvalue weighted by Crippen LogP contribution is -2.38. The molecule has 1 heterocycles. The first-order valence-corrected chi connectivity index (χ1v) is 8.44. The van der Waals surface area contributed by atoms with Gasteiger partial charge >= 0.3 is 0 Å². The quantitative estimate of drug-likeness (QED) is 0.811. The topological polar surface area (TPSA) is 38.5 Å². The molecule has 0 bridgehead atoms. The van der Waals surface area contributed by atoms with Gasteiger partial charge < -0.3 is 10.5 Å². The Bertz CT molecular complexity index is 552. The first-order valence-electron chi connectivity index (χ1n) is 7.56. The van der Waals surface area contributed by atoms with Crippen molar-refractivity contribution in [3.63, 3.8) is 0 Å². The third kappa shape index (κ3) is 4.04. The summed E-state index contributed by atoms with van der Waals surface area (Å²) >= 11 is 1.80. The van der Waals surface area contributed by atoms with E-state index in [1.165, 1.54) is 15.6 Å². The van der Waals surface area contributed by atoms with Gasteiger partial charge in [0, 0.05) is 37.5 Å². The van der Waals surface area contributed by atoms with Gasteiger partial charge in [0.2, 0.25) is 0 Å². The third-order valence-electron chi connectivity index (χ3n) is 3.72. The van der Waals surface area contributed by atoms with Crippen LogP contribution in [0.1, 0.15) is 25.5 Å². The van der Waals surface area contributed by atoms with Crippen LogP contribution in [0.25, 0.3) is 10.1 Å². The van der Waals surface area contributed by atoms with Crippen LogP contribution in [0.15, 0.2) is 29.6 Å². The summed E-state index contributed by atoms with van der Waals surface area (Å²) in [5.41, 5.74) is 7.48. The Labute approximate surface area is 131 Å². The molecule has 21 heavy (non-hydrogen) atoms. The second-order valence-corrected chi connectivity index (χ2v) is 6.73. The molecule has 2 N–H and O–H groups in total. The number of rotatable bonds is 8. The summed E-state index contributed by atoms with van der Waals surface area (Å²) in [6.45, 7) is 7.83. The minimum Gasteiger partial charge on any atom is -0.383 e. The highest BCUT2D eigenvalue weighted by atomic mass is 32.1. The monoisotopic (exact) mass is 306 g/mol. The Morgan fingerprint density at radius 2 is 2.05 bits per heavy atom. The Kier molecular flexibility index (Phi) is 6.18. The van der Waals surface area contributed by atoms with Crippen molar-refractivity contribution < 1.29 is 4.74 Å². The molecule has 0 aliphatic carbocycles. The fraction of sp³-hybridized carbons (Fsp3) is 0.529. The van der Waals surface area contributed by atoms with Crippen LogP contribution >= 0.6 is 11.3 Å². The van der Waals surface area contributed by atoms with E-state index in [0.717, 1.165) is 19.7 Å². The number of thiophene rings is 1. The van der Waals surface area contributed by atoms with Gasteiger partial charge in [-0.25, -0.2) is 0 Å². The summed E-state index contributed by atoms with van der Waals surface area (Å²) in [4.78, 5) is 2.46. The lowest BCUT2D eigenvalue weighted by Gasteiger charge is -2.32. The van der Waals surface area contributed by atoms with Crippen molar-refractivity contribution in [1.29, 1.82) is 0 Å². The van der Waals surface area contributed by atoms with Crippen LogP contribution in [0.5, 0.6) is 0 Å². The van der Waals surface area contributed by atoms with E-state index in [2.05, 4.69) is 48.4 Å². The van der Waals surface area contributed by atoms with Crippen molar-refractivity contribution >= 4 is 21.4 Å². The average Bonchev–Trinajstić information content (AvgIpc) is 2.89. The van der Waals surface area contributed by atoms with Gasteiger partial charge in [-0.2, -0.15) is 0 Å². The first kappa shape index (κ1) is 16.4. The second kappa shape index (κ2) is 7.90. The fourth-order valence-electron chi connectivity index (χ4n) is 2.78. The highest BCUT2D eigenvalue weighted by Gasteiger charge is 2.22. The molecule has 2 aromatic rings. The summed E-state index contributed by atoms with van der Waals surface area (Å²) in [6, 6.07) is 8.84. The molecule has 0 spiro atoms. The van der Waals surface area contributed by atoms with Crippen LogP contribution in [0.4, 0.5) is 0 Å². The zero-order valence-corrected chi connectivity index (χ0v) is 14.0. The number of nitrogens with zero attached hydrogens (tertiary/aromatic N) is 1. The molecular weight excluding hydrogens is 280 g/mol. The molecule has 0 saturated heterocycles. The SMILES string of the molecule is COCCN(CC(C)C)C(CN)c1csc2ccccc12. The van der Waals surface area contributed by atoms with E-state index >= 15 is 0 Å². The van der Waals surface area contributed by atoms with E-state index in [-0.39, 0.29) is 6.04 Å². The maximum Gasteiger partial charge on any atom is 0.0589 e. The second-order valence-electron chi connectivity index (χ2n) is 5.82. The van der Waals surface area contributed by atoms with Crippen molar-refractivity contribution in [3.8, 4) is 0 Å². The van der Waals surface area contributed by atoms with Crippen molar-refractivity contribution in [3.05, 3.63) is 35.2 Å². The highest BCUT2D eigenvalue weighted by Crippen LogP contribution is 2.33. The average molecular weight is 306 g/mol. The maximum absolute atomic E-state index is 6.13. The molecule has 1 aromatic heterocycles. The summed E-state index contributed by atoms with van der Waals surface area (Å²) < 4.78 is 6.61. The molecule has 0 amide bonds. The number of fused-ring (bicyclic) bond motifs is 1. The van der Waals surface area contributed by atoms with Crippen molar-refractivity contribution in [2.45, 2.75) is 19.9 Å². The van der Waals surface area contributed by atoms with Crippen LogP contribution in [0.2, 0.25) is 0 Å². The zero-order chi connectivity index (χ0) is 15.2. The molecule has 0 radical (unpaired) electrons. The summed E-state index contributed by atoms with van der Waals surface area (Å²) in [5.74, 6) is 0.612. The number of nitrogens with two attached hydrogens (primary N) is 1. The van der Waals surface area contributed by atoms with E-state index in [4.69, 9.17) is 10.5 Å². The number of hydrogen-bond acceptors (Lipinski definition) is 4. The summed E-state index contributed by atoms with van der Waals surface area (Å²) in [6.07, 6.45) is 0. The lowest BCUT2D eigenvalue weighted by molar-refractivity contribution is 0.112. The Morgan fingerprint density at radius 3 is 2.71 bits per heavy atom. The minimum absolute atomic E-state index is 0.263. The number of benzene rings is 1. The van der Waals surface area contributed by atoms with Gasteiger partial charge in [0.05, 0.1) is 6.61 Å². The molecule has 2 rings (SSSR count). The van der Waals surface area contributed by atoms with E-state index in [1.807, 2.05) is 0 Å². The smallest absolute Gasteiger partial charge is 0.0589 e. The largest absolute Gasteiger partial charge is 0.383 e. The summed E-state index contributed by atoms with van der Waals surface area (Å²) in [5, 5.41) is 3.60. The first-order chi connectivity index (χ1) is 10.2. The number of ether oxygens (including phenoxy) is 1. The van der Waals surface area contributed by atoms with Gasteiger partial charge in [-0.05, 0) is 28.3 Å². The molecule has 1 aromatic carbocycles. The lowest BCUT2D eigenvalue weighted by atomic mass is 10.0. The van der Waals surface area contributed by atoms with Crippen molar-refractivity contribution in [1.82, 2.24) is 4.90 Å². The molecule has 4 heteroatoms. The van der Waals surface area contributed by atoms with Crippen LogP contribution in [0.3, 0.4) is 0 Å². The predicted octanol–water partition coefficient (Wildman–Crippen LogP) is 3.51. The molecule has 1 atom stereocenters. The van der Waals surface area contributed by atoms with Crippen LogP contribution in [-0.4, -0.2) is 38.3 Å². The van der Waals surface area contributed by atoms with Gasteiger partial charge in [-0.3, -0.25) is 4.90 Å². The Hall–Kier alpha value is -0.940. The van der Waals surface area contributed by atoms with Crippen LogP contribution in [-0.2, 0) is 4.74 Å². The highest BCUT2D eigenvalue weighted by molar-refractivity contribution is 7.17. The number of methoxy groups -OCH3 is 1. The van der Waals surface area contributed by atoms with Gasteiger partial charge in [-0.15, -0.1) is 11.3 Å². The fourth-order valence-corrected chi connectivity index (χ4v) is 3.79. The Morgan fingerprint density at radius 1 is 1.29 bits per heavy atom. The zero-order valence-electron chi connectivity index (χ0n) is 13.2. The third-order valence-corrected chi connectivity index (χ3v) is 4.70. The van der Waals surface area contributed by atoms with Crippen molar-refractivity contribution in [2.75, 3.05) is 33.4 Å². The maximum atomic E-state index is 6.13. The normalized spacial score (nSPS) is 13.4. The van der Waals surface area contributed by atoms with E-state index < -0.39 is 0 Å². The van der Waals surface area contributed by atoms with E-state index in [0.29, 0.717) is 12.5 Å². The van der Waals surface area contributed by atoms with Gasteiger partial charge in [0.15, 0.2) is 0 Å². The molecule has 0 fully saturated rings. The number of hydrogen-bond donors (Lipinski definition) is 1. The van der Waals surface area contributed by atoms with Crippen molar-refractivity contribution in [2.24, 2.45) is 11.7 Å². The molecule has 0 aliphatic rings. The van der Waals surface area contributed by atoms with Crippen LogP contribution < -0.4 is 5.73 Å². The molecule has 0 aliphatic heterocycles. The van der Waals surface area contributed by atoms with Crippen LogP contribution in [0, 0.1) is 5.92 Å². The van der Waals surface area contributed by atoms with Gasteiger partial charge in [0.25, 0.3) is 0 Å². The Balaban J connectivity index is 2.30. The molecular formula is C17H26N2OS. The standard InChI is InChI=1S/C17H26N2OS/c1-13(2)11-19(8-9-20-3)16(10-18)15-12-21-17-7-5-4-6-14(15)17/h4-7,12-13,16H,8-11,18H2,1-3H3. The molecule has 116 valence electrons. The van der Waals surface area contributed by atoms with Gasteiger partial charge in [0.1, 0.15) is 0 Å². The van der Waals surface area contributed by atoms with E-state index in [1.54, 1.807) is 18.4 Å². The summed E-state index contributed by atoms with van der Waals surface area (Å²) in [7, 11) is 1.75. The predicted molar refractivity (Wildman–Crippen MR) is 91.9 cm³/mol. The molecule has 0 saturated carbocycles. The van der Waals surface area contributed by atoms with E-state index in [9.17, 15) is 0 Å². The molecule has 3 nitrogen and oxygen atoms in total. The minimum atomic E-state index is 0.263.